The molecular weight excluding hydrogens is 208 g/mol. The number of hydrogen-bond donors (Lipinski definition) is 1. The molecule has 5 heteroatoms. The number of carbonyl (C=O) groups excluding carboxylic acids is 1. The van der Waals surface area contributed by atoms with Gasteiger partial charge in [0.2, 0.25) is 5.88 Å². The Morgan fingerprint density at radius 1 is 1.50 bits per heavy atom. The third-order valence-corrected chi connectivity index (χ3v) is 2.28. The average Bonchev–Trinajstić information content (AvgIpc) is 2.35. The molecule has 1 rings (SSSR count). The number of aromatic nitrogens is 1. The van der Waals surface area contributed by atoms with E-state index in [-0.39, 0.29) is 12.0 Å². The van der Waals surface area contributed by atoms with Gasteiger partial charge in [0.05, 0.1) is 14.2 Å². The highest BCUT2D eigenvalue weighted by molar-refractivity contribution is 5.69. The van der Waals surface area contributed by atoms with Gasteiger partial charge in [0.15, 0.2) is 0 Å². The lowest BCUT2D eigenvalue weighted by Crippen LogP contribution is -2.13. The summed E-state index contributed by atoms with van der Waals surface area (Å²) >= 11 is 0. The molecule has 0 aliphatic rings. The summed E-state index contributed by atoms with van der Waals surface area (Å²) in [5, 5.41) is 0. The van der Waals surface area contributed by atoms with Crippen LogP contribution in [0.4, 0.5) is 0 Å². The molecule has 0 saturated carbocycles. The first kappa shape index (κ1) is 12.4. The molecule has 0 fully saturated rings. The highest BCUT2D eigenvalue weighted by atomic mass is 16.5. The number of hydrogen-bond acceptors (Lipinski definition) is 5. The standard InChI is InChI=1S/C11H16N2O3/c1-15-10-5-3-8(7-13-10)9(12)4-6-11(14)16-2/h3,5,7,9H,4,6,12H2,1-2H3. The van der Waals surface area contributed by atoms with Gasteiger partial charge in [-0.15, -0.1) is 0 Å². The minimum atomic E-state index is -0.253. The van der Waals surface area contributed by atoms with Gasteiger partial charge in [-0.05, 0) is 12.0 Å². The molecule has 1 heterocycles. The van der Waals surface area contributed by atoms with Crippen LogP contribution < -0.4 is 10.5 Å². The zero-order valence-electron chi connectivity index (χ0n) is 9.47. The van der Waals surface area contributed by atoms with Crippen LogP contribution in [0.5, 0.6) is 5.88 Å². The second kappa shape index (κ2) is 6.07. The third-order valence-electron chi connectivity index (χ3n) is 2.28. The van der Waals surface area contributed by atoms with E-state index in [4.69, 9.17) is 10.5 Å². The summed E-state index contributed by atoms with van der Waals surface area (Å²) in [6.07, 6.45) is 2.51. The van der Waals surface area contributed by atoms with Crippen molar-refractivity contribution in [1.82, 2.24) is 4.98 Å². The monoisotopic (exact) mass is 224 g/mol. The lowest BCUT2D eigenvalue weighted by atomic mass is 10.1. The molecule has 0 aliphatic heterocycles. The van der Waals surface area contributed by atoms with E-state index in [1.54, 1.807) is 19.4 Å². The van der Waals surface area contributed by atoms with E-state index in [2.05, 4.69) is 9.72 Å². The number of ether oxygens (including phenoxy) is 2. The summed E-state index contributed by atoms with van der Waals surface area (Å²) in [5.41, 5.74) is 6.78. The molecule has 0 aliphatic carbocycles. The molecule has 88 valence electrons. The first-order valence-electron chi connectivity index (χ1n) is 4.99. The number of pyridine rings is 1. The Morgan fingerprint density at radius 2 is 2.25 bits per heavy atom. The Bertz CT molecular complexity index is 338. The van der Waals surface area contributed by atoms with E-state index in [0.29, 0.717) is 18.7 Å². The van der Waals surface area contributed by atoms with Crippen molar-refractivity contribution in [3.8, 4) is 5.88 Å². The maximum absolute atomic E-state index is 10.9. The fourth-order valence-corrected chi connectivity index (χ4v) is 1.27. The topological polar surface area (TPSA) is 74.4 Å². The van der Waals surface area contributed by atoms with E-state index in [1.807, 2.05) is 6.07 Å². The number of rotatable bonds is 5. The van der Waals surface area contributed by atoms with E-state index in [0.717, 1.165) is 5.56 Å². The molecule has 1 aromatic rings. The quantitative estimate of drug-likeness (QED) is 0.756. The Labute approximate surface area is 94.6 Å². The van der Waals surface area contributed by atoms with E-state index < -0.39 is 0 Å². The molecular formula is C11H16N2O3. The minimum absolute atomic E-state index is 0.211. The average molecular weight is 224 g/mol. The fraction of sp³-hybridized carbons (Fsp3) is 0.455. The Morgan fingerprint density at radius 3 is 2.75 bits per heavy atom. The predicted octanol–water partition coefficient (Wildman–Crippen LogP) is 1.04. The van der Waals surface area contributed by atoms with Gasteiger partial charge in [-0.1, -0.05) is 6.07 Å². The number of esters is 1. The lowest BCUT2D eigenvalue weighted by Gasteiger charge is -2.10. The number of carbonyl (C=O) groups is 1. The molecule has 0 radical (unpaired) electrons. The van der Waals surface area contributed by atoms with Crippen LogP contribution in [0.1, 0.15) is 24.4 Å². The highest BCUT2D eigenvalue weighted by Gasteiger charge is 2.09. The maximum Gasteiger partial charge on any atom is 0.305 e. The minimum Gasteiger partial charge on any atom is -0.481 e. The molecule has 0 amide bonds. The van der Waals surface area contributed by atoms with Crippen LogP contribution in [0.15, 0.2) is 18.3 Å². The van der Waals surface area contributed by atoms with Crippen LogP contribution in [-0.2, 0) is 9.53 Å². The summed E-state index contributed by atoms with van der Waals surface area (Å²) in [7, 11) is 2.92. The van der Waals surface area contributed by atoms with Crippen LogP contribution in [0, 0.1) is 0 Å². The Hall–Kier alpha value is -1.62. The van der Waals surface area contributed by atoms with E-state index >= 15 is 0 Å². The number of nitrogens with two attached hydrogens (primary N) is 1. The predicted molar refractivity (Wildman–Crippen MR) is 59.0 cm³/mol. The van der Waals surface area contributed by atoms with Gasteiger partial charge in [-0.25, -0.2) is 4.98 Å². The Balaban J connectivity index is 2.52. The summed E-state index contributed by atoms with van der Waals surface area (Å²) in [4.78, 5) is 15.0. The zero-order chi connectivity index (χ0) is 12.0. The van der Waals surface area contributed by atoms with Gasteiger partial charge in [0.25, 0.3) is 0 Å². The summed E-state index contributed by atoms with van der Waals surface area (Å²) in [5.74, 6) is 0.292. The van der Waals surface area contributed by atoms with Crippen LogP contribution in [-0.4, -0.2) is 25.2 Å². The zero-order valence-corrected chi connectivity index (χ0v) is 9.47. The third kappa shape index (κ3) is 3.51. The molecule has 16 heavy (non-hydrogen) atoms. The van der Waals surface area contributed by atoms with Crippen molar-refractivity contribution in [2.45, 2.75) is 18.9 Å². The summed E-state index contributed by atoms with van der Waals surface area (Å²) in [6, 6.07) is 3.37. The van der Waals surface area contributed by atoms with Crippen molar-refractivity contribution in [3.05, 3.63) is 23.9 Å². The largest absolute Gasteiger partial charge is 0.481 e. The molecule has 5 nitrogen and oxygen atoms in total. The summed E-state index contributed by atoms with van der Waals surface area (Å²) < 4.78 is 9.48. The van der Waals surface area contributed by atoms with Gasteiger partial charge in [0, 0.05) is 24.7 Å². The van der Waals surface area contributed by atoms with E-state index in [9.17, 15) is 4.79 Å². The smallest absolute Gasteiger partial charge is 0.305 e. The van der Waals surface area contributed by atoms with Crippen molar-refractivity contribution >= 4 is 5.97 Å². The van der Waals surface area contributed by atoms with Crippen molar-refractivity contribution in [1.29, 1.82) is 0 Å². The summed E-state index contributed by atoms with van der Waals surface area (Å²) in [6.45, 7) is 0. The van der Waals surface area contributed by atoms with Crippen molar-refractivity contribution in [2.24, 2.45) is 5.73 Å². The van der Waals surface area contributed by atoms with Crippen molar-refractivity contribution < 1.29 is 14.3 Å². The van der Waals surface area contributed by atoms with Crippen LogP contribution in [0.2, 0.25) is 0 Å². The first-order chi connectivity index (χ1) is 7.67. The Kier molecular flexibility index (Phi) is 4.72. The molecule has 1 unspecified atom stereocenters. The molecule has 0 bridgehead atoms. The molecule has 0 aromatic carbocycles. The van der Waals surface area contributed by atoms with Crippen LogP contribution in [0.3, 0.4) is 0 Å². The van der Waals surface area contributed by atoms with Crippen LogP contribution in [0.25, 0.3) is 0 Å². The second-order valence-electron chi connectivity index (χ2n) is 3.36. The van der Waals surface area contributed by atoms with Gasteiger partial charge < -0.3 is 15.2 Å². The molecule has 1 aromatic heterocycles. The van der Waals surface area contributed by atoms with Gasteiger partial charge in [-0.2, -0.15) is 0 Å². The van der Waals surface area contributed by atoms with Crippen molar-refractivity contribution in [3.63, 3.8) is 0 Å². The maximum atomic E-state index is 10.9. The van der Waals surface area contributed by atoms with Gasteiger partial charge in [-0.3, -0.25) is 4.79 Å². The lowest BCUT2D eigenvalue weighted by molar-refractivity contribution is -0.140. The molecule has 1 atom stereocenters. The van der Waals surface area contributed by atoms with E-state index in [1.165, 1.54) is 7.11 Å². The first-order valence-corrected chi connectivity index (χ1v) is 4.99. The molecule has 0 saturated heterocycles. The van der Waals surface area contributed by atoms with Gasteiger partial charge in [0.1, 0.15) is 0 Å². The number of methoxy groups -OCH3 is 2. The highest BCUT2D eigenvalue weighted by Crippen LogP contribution is 2.17. The van der Waals surface area contributed by atoms with Crippen molar-refractivity contribution in [2.75, 3.05) is 14.2 Å². The molecule has 0 spiro atoms. The fourth-order valence-electron chi connectivity index (χ4n) is 1.27. The SMILES string of the molecule is COC(=O)CCC(N)c1ccc(OC)nc1. The van der Waals surface area contributed by atoms with Crippen LogP contribution >= 0.6 is 0 Å². The number of nitrogens with zero attached hydrogens (tertiary/aromatic N) is 1. The normalized spacial score (nSPS) is 11.9. The second-order valence-corrected chi connectivity index (χ2v) is 3.36. The van der Waals surface area contributed by atoms with Gasteiger partial charge >= 0.3 is 5.97 Å². The molecule has 2 N–H and O–H groups in total.